The summed E-state index contributed by atoms with van der Waals surface area (Å²) in [5, 5.41) is 0. The highest BCUT2D eigenvalue weighted by Crippen LogP contribution is 2.23. The molecule has 0 N–H and O–H groups in total. The average Bonchev–Trinajstić information content (AvgIpc) is 2.82. The smallest absolute Gasteiger partial charge is 0.222 e. The van der Waals surface area contributed by atoms with Crippen LogP contribution in [0.15, 0.2) is 46.3 Å². The molecular weight excluding hydrogens is 322 g/mol. The van der Waals surface area contributed by atoms with Crippen molar-refractivity contribution < 1.29 is 4.79 Å². The van der Waals surface area contributed by atoms with Crippen molar-refractivity contribution in [1.82, 2.24) is 4.90 Å². The van der Waals surface area contributed by atoms with E-state index in [0.717, 1.165) is 10.2 Å². The average molecular weight is 338 g/mol. The first-order valence-electron chi connectivity index (χ1n) is 6.17. The zero-order valence-electron chi connectivity index (χ0n) is 10.8. The van der Waals surface area contributed by atoms with Crippen LogP contribution in [0, 0.1) is 0 Å². The van der Waals surface area contributed by atoms with Gasteiger partial charge < -0.3 is 4.90 Å². The SMILES string of the molecule is CN(Cc1ccc(Br)s1)C(=O)CCc1ccccc1. The third-order valence-electron chi connectivity index (χ3n) is 2.92. The number of carbonyl (C=O) groups is 1. The molecule has 1 heterocycles. The predicted molar refractivity (Wildman–Crippen MR) is 83.3 cm³/mol. The summed E-state index contributed by atoms with van der Waals surface area (Å²) in [4.78, 5) is 15.0. The molecule has 1 aromatic heterocycles. The first-order valence-corrected chi connectivity index (χ1v) is 7.78. The molecule has 0 bridgehead atoms. The maximum atomic E-state index is 12.0. The van der Waals surface area contributed by atoms with Crippen LogP contribution >= 0.6 is 27.3 Å². The Morgan fingerprint density at radius 3 is 2.58 bits per heavy atom. The van der Waals surface area contributed by atoms with Gasteiger partial charge in [-0.1, -0.05) is 30.3 Å². The second kappa shape index (κ2) is 6.87. The molecule has 1 amide bonds. The van der Waals surface area contributed by atoms with Crippen LogP contribution in [-0.2, 0) is 17.8 Å². The van der Waals surface area contributed by atoms with Crippen LogP contribution in [0.3, 0.4) is 0 Å². The summed E-state index contributed by atoms with van der Waals surface area (Å²) in [5.74, 6) is 0.188. The van der Waals surface area contributed by atoms with Crippen LogP contribution < -0.4 is 0 Å². The third kappa shape index (κ3) is 4.48. The molecule has 0 saturated heterocycles. The van der Waals surface area contributed by atoms with E-state index in [1.807, 2.05) is 31.3 Å². The van der Waals surface area contributed by atoms with Crippen molar-refractivity contribution in [1.29, 1.82) is 0 Å². The molecule has 0 unspecified atom stereocenters. The van der Waals surface area contributed by atoms with Gasteiger partial charge in [0.1, 0.15) is 0 Å². The Hall–Kier alpha value is -1.13. The monoisotopic (exact) mass is 337 g/mol. The molecule has 0 atom stereocenters. The lowest BCUT2D eigenvalue weighted by Gasteiger charge is -2.16. The highest BCUT2D eigenvalue weighted by atomic mass is 79.9. The maximum absolute atomic E-state index is 12.0. The molecular formula is C15H16BrNOS. The van der Waals surface area contributed by atoms with Crippen molar-refractivity contribution in [2.75, 3.05) is 7.05 Å². The molecule has 19 heavy (non-hydrogen) atoms. The van der Waals surface area contributed by atoms with E-state index in [1.165, 1.54) is 10.4 Å². The highest BCUT2D eigenvalue weighted by molar-refractivity contribution is 9.11. The quantitative estimate of drug-likeness (QED) is 0.804. The van der Waals surface area contributed by atoms with Crippen LogP contribution in [0.25, 0.3) is 0 Å². The Bertz CT molecular complexity index is 538. The van der Waals surface area contributed by atoms with Crippen LogP contribution in [0.4, 0.5) is 0 Å². The second-order valence-electron chi connectivity index (χ2n) is 4.44. The Morgan fingerprint density at radius 1 is 1.21 bits per heavy atom. The van der Waals surface area contributed by atoms with Crippen molar-refractivity contribution >= 4 is 33.2 Å². The Balaban J connectivity index is 1.82. The predicted octanol–water partition coefficient (Wildman–Crippen LogP) is 4.10. The number of thiophene rings is 1. The normalized spacial score (nSPS) is 10.4. The van der Waals surface area contributed by atoms with E-state index < -0.39 is 0 Å². The number of hydrogen-bond donors (Lipinski definition) is 0. The molecule has 4 heteroatoms. The number of aryl methyl sites for hydroxylation is 1. The number of rotatable bonds is 5. The number of amides is 1. The van der Waals surface area contributed by atoms with E-state index in [2.05, 4.69) is 34.1 Å². The summed E-state index contributed by atoms with van der Waals surface area (Å²) in [6, 6.07) is 14.2. The van der Waals surface area contributed by atoms with Gasteiger partial charge in [0.25, 0.3) is 0 Å². The molecule has 0 aliphatic heterocycles. The van der Waals surface area contributed by atoms with Gasteiger partial charge in [0.15, 0.2) is 0 Å². The lowest BCUT2D eigenvalue weighted by atomic mass is 10.1. The van der Waals surface area contributed by atoms with Gasteiger partial charge in [-0.15, -0.1) is 11.3 Å². The number of nitrogens with zero attached hydrogens (tertiary/aromatic N) is 1. The summed E-state index contributed by atoms with van der Waals surface area (Å²) in [6.45, 7) is 0.684. The van der Waals surface area contributed by atoms with Gasteiger partial charge >= 0.3 is 0 Å². The summed E-state index contributed by atoms with van der Waals surface area (Å²) >= 11 is 5.11. The fraction of sp³-hybridized carbons (Fsp3) is 0.267. The van der Waals surface area contributed by atoms with Crippen molar-refractivity contribution in [2.24, 2.45) is 0 Å². The topological polar surface area (TPSA) is 20.3 Å². The van der Waals surface area contributed by atoms with Gasteiger partial charge in [0.2, 0.25) is 5.91 Å². The first kappa shape index (κ1) is 14.3. The fourth-order valence-electron chi connectivity index (χ4n) is 1.85. The molecule has 0 saturated carbocycles. The minimum atomic E-state index is 0.188. The third-order valence-corrected chi connectivity index (χ3v) is 4.53. The van der Waals surface area contributed by atoms with Crippen LogP contribution in [0.2, 0.25) is 0 Å². The molecule has 2 aromatic rings. The van der Waals surface area contributed by atoms with Crippen molar-refractivity contribution in [2.45, 2.75) is 19.4 Å². The van der Waals surface area contributed by atoms with Gasteiger partial charge in [-0.05, 0) is 40.0 Å². The van der Waals surface area contributed by atoms with E-state index >= 15 is 0 Å². The molecule has 0 aliphatic rings. The van der Waals surface area contributed by atoms with Crippen LogP contribution in [0.5, 0.6) is 0 Å². The lowest BCUT2D eigenvalue weighted by Crippen LogP contribution is -2.25. The van der Waals surface area contributed by atoms with Gasteiger partial charge in [0, 0.05) is 18.3 Å². The van der Waals surface area contributed by atoms with Crippen molar-refractivity contribution in [3.05, 3.63) is 56.7 Å². The summed E-state index contributed by atoms with van der Waals surface area (Å²) < 4.78 is 1.10. The minimum Gasteiger partial charge on any atom is -0.341 e. The van der Waals surface area contributed by atoms with Gasteiger partial charge in [-0.3, -0.25) is 4.79 Å². The zero-order valence-corrected chi connectivity index (χ0v) is 13.2. The van der Waals surface area contributed by atoms with Gasteiger partial charge in [-0.25, -0.2) is 0 Å². The molecule has 0 spiro atoms. The van der Waals surface area contributed by atoms with E-state index in [0.29, 0.717) is 13.0 Å². The van der Waals surface area contributed by atoms with Crippen molar-refractivity contribution in [3.63, 3.8) is 0 Å². The maximum Gasteiger partial charge on any atom is 0.222 e. The lowest BCUT2D eigenvalue weighted by molar-refractivity contribution is -0.130. The summed E-state index contributed by atoms with van der Waals surface area (Å²) in [7, 11) is 1.86. The van der Waals surface area contributed by atoms with Crippen LogP contribution in [0.1, 0.15) is 16.9 Å². The number of hydrogen-bond acceptors (Lipinski definition) is 2. The van der Waals surface area contributed by atoms with E-state index in [4.69, 9.17) is 0 Å². The molecule has 0 radical (unpaired) electrons. The Labute approximate surface area is 126 Å². The second-order valence-corrected chi connectivity index (χ2v) is 6.99. The molecule has 1 aromatic carbocycles. The Kier molecular flexibility index (Phi) is 5.16. The highest BCUT2D eigenvalue weighted by Gasteiger charge is 2.10. The molecule has 0 fully saturated rings. The number of halogens is 1. The standard InChI is InChI=1S/C15H16BrNOS/c1-17(11-13-8-9-14(16)19-13)15(18)10-7-12-5-3-2-4-6-12/h2-6,8-9H,7,10-11H2,1H3. The molecule has 0 aliphatic carbocycles. The fourth-order valence-corrected chi connectivity index (χ4v) is 3.38. The van der Waals surface area contributed by atoms with E-state index in [-0.39, 0.29) is 5.91 Å². The van der Waals surface area contributed by atoms with Crippen molar-refractivity contribution in [3.8, 4) is 0 Å². The summed E-state index contributed by atoms with van der Waals surface area (Å²) in [6.07, 6.45) is 1.37. The zero-order chi connectivity index (χ0) is 13.7. The summed E-state index contributed by atoms with van der Waals surface area (Å²) in [5.41, 5.74) is 1.21. The minimum absolute atomic E-state index is 0.188. The van der Waals surface area contributed by atoms with E-state index in [1.54, 1.807) is 16.2 Å². The van der Waals surface area contributed by atoms with E-state index in [9.17, 15) is 4.79 Å². The molecule has 2 nitrogen and oxygen atoms in total. The van der Waals surface area contributed by atoms with Gasteiger partial charge in [-0.2, -0.15) is 0 Å². The van der Waals surface area contributed by atoms with Gasteiger partial charge in [0.05, 0.1) is 10.3 Å². The Morgan fingerprint density at radius 2 is 1.95 bits per heavy atom. The first-order chi connectivity index (χ1) is 9.15. The largest absolute Gasteiger partial charge is 0.341 e. The molecule has 2 rings (SSSR count). The molecule has 100 valence electrons. The number of carbonyl (C=O) groups excluding carboxylic acids is 1. The van der Waals surface area contributed by atoms with Crippen LogP contribution in [-0.4, -0.2) is 17.9 Å². The number of benzene rings is 1.